The summed E-state index contributed by atoms with van der Waals surface area (Å²) in [5, 5.41) is 10.6. The maximum absolute atomic E-state index is 13.1. The highest BCUT2D eigenvalue weighted by Crippen LogP contribution is 2.45. The summed E-state index contributed by atoms with van der Waals surface area (Å²) in [6.45, 7) is 9.55. The fourth-order valence-corrected chi connectivity index (χ4v) is 13.9. The lowest BCUT2D eigenvalue weighted by atomic mass is 10.0. The van der Waals surface area contributed by atoms with Crippen LogP contribution in [0.4, 0.5) is 0 Å². The fraction of sp³-hybridized carbons (Fsp3) is 0.950. The number of unbranched alkanes of at least 4 members (excludes halogenated alkanes) is 49. The van der Waals surface area contributed by atoms with Gasteiger partial charge in [-0.05, 0) is 37.5 Å². The lowest BCUT2D eigenvalue weighted by Crippen LogP contribution is -2.30. The average molecular weight is 1450 g/mol. The zero-order valence-corrected chi connectivity index (χ0v) is 66.6. The summed E-state index contributed by atoms with van der Waals surface area (Å²) in [6.07, 6.45) is 61.3. The van der Waals surface area contributed by atoms with Crippen molar-refractivity contribution in [3.63, 3.8) is 0 Å². The molecule has 0 heterocycles. The van der Waals surface area contributed by atoms with Gasteiger partial charge in [-0.15, -0.1) is 0 Å². The zero-order chi connectivity index (χ0) is 72.8. The molecule has 0 rings (SSSR count). The monoisotopic (exact) mass is 1450 g/mol. The number of aliphatic hydroxyl groups is 1. The van der Waals surface area contributed by atoms with Crippen LogP contribution in [-0.4, -0.2) is 96.7 Å². The van der Waals surface area contributed by atoms with Crippen LogP contribution in [0.5, 0.6) is 0 Å². The fourth-order valence-electron chi connectivity index (χ4n) is 12.4. The van der Waals surface area contributed by atoms with Crippen molar-refractivity contribution in [2.75, 3.05) is 39.6 Å². The van der Waals surface area contributed by atoms with E-state index in [1.54, 1.807) is 0 Å². The standard InChI is InChI=1S/C80H156O17P2/c1-7-9-11-13-15-17-19-21-22-23-24-25-26-27-28-29-32-37-41-45-53-59-65-80(85)96-75(68-90-77(82)62-56-50-43-39-36-33-30-31-34-38-42-48-54-60-72(3)4)70-94-98(86,87)92-66-74(81)67-93-99(88,89)95-71-76(69-91-78(83)63-57-51-47-46-49-55-61-73(5)6)97-79(84)64-58-52-44-40-35-20-18-16-14-12-10-8-2/h72-76,81H,7-71H2,1-6H3,(H,86,87)(H,88,89)/t74-,75-,76-/m1/s1. The number of hydrogen-bond donors (Lipinski definition) is 3. The molecular weight excluding hydrogens is 1290 g/mol. The molecule has 5 atom stereocenters. The summed E-state index contributed by atoms with van der Waals surface area (Å²) >= 11 is 0. The van der Waals surface area contributed by atoms with Gasteiger partial charge >= 0.3 is 39.5 Å². The first-order valence-electron chi connectivity index (χ1n) is 41.5. The van der Waals surface area contributed by atoms with E-state index in [4.69, 9.17) is 37.0 Å². The van der Waals surface area contributed by atoms with Crippen LogP contribution in [0.2, 0.25) is 0 Å². The van der Waals surface area contributed by atoms with Crippen molar-refractivity contribution < 1.29 is 80.2 Å². The highest BCUT2D eigenvalue weighted by Gasteiger charge is 2.30. The molecule has 0 amide bonds. The quantitative estimate of drug-likeness (QED) is 0.0222. The smallest absolute Gasteiger partial charge is 0.462 e. The van der Waals surface area contributed by atoms with Crippen LogP contribution < -0.4 is 0 Å². The van der Waals surface area contributed by atoms with Gasteiger partial charge in [0.05, 0.1) is 26.4 Å². The Morgan fingerprint density at radius 1 is 0.273 bits per heavy atom. The Balaban J connectivity index is 5.19. The molecule has 0 aliphatic carbocycles. The van der Waals surface area contributed by atoms with Crippen LogP contribution in [0.15, 0.2) is 0 Å². The minimum atomic E-state index is -4.96. The Morgan fingerprint density at radius 2 is 0.465 bits per heavy atom. The maximum atomic E-state index is 13.1. The first kappa shape index (κ1) is 97.1. The molecule has 19 heteroatoms. The molecule has 99 heavy (non-hydrogen) atoms. The molecule has 0 saturated heterocycles. The molecule has 17 nitrogen and oxygen atoms in total. The Kier molecular flexibility index (Phi) is 70.3. The predicted octanol–water partition coefficient (Wildman–Crippen LogP) is 23.9. The van der Waals surface area contributed by atoms with Crippen LogP contribution in [0.1, 0.15) is 420 Å². The van der Waals surface area contributed by atoms with Crippen molar-refractivity contribution in [2.45, 2.75) is 439 Å². The van der Waals surface area contributed by atoms with E-state index >= 15 is 0 Å². The van der Waals surface area contributed by atoms with Crippen LogP contribution in [0, 0.1) is 11.8 Å². The second kappa shape index (κ2) is 71.7. The van der Waals surface area contributed by atoms with E-state index in [0.29, 0.717) is 31.6 Å². The van der Waals surface area contributed by atoms with Gasteiger partial charge in [0, 0.05) is 25.7 Å². The van der Waals surface area contributed by atoms with E-state index in [0.717, 1.165) is 102 Å². The van der Waals surface area contributed by atoms with E-state index in [-0.39, 0.29) is 25.7 Å². The highest BCUT2D eigenvalue weighted by atomic mass is 31.2. The molecule has 0 radical (unpaired) electrons. The van der Waals surface area contributed by atoms with Gasteiger partial charge in [-0.2, -0.15) is 0 Å². The van der Waals surface area contributed by atoms with Gasteiger partial charge in [0.25, 0.3) is 0 Å². The number of phosphoric ester groups is 2. The van der Waals surface area contributed by atoms with Crippen LogP contribution >= 0.6 is 15.6 Å². The number of phosphoric acid groups is 2. The molecule has 0 aromatic heterocycles. The number of hydrogen-bond acceptors (Lipinski definition) is 15. The normalized spacial score (nSPS) is 13.9. The number of ether oxygens (including phenoxy) is 4. The molecule has 0 fully saturated rings. The third-order valence-electron chi connectivity index (χ3n) is 18.7. The van der Waals surface area contributed by atoms with Crippen LogP contribution in [-0.2, 0) is 65.4 Å². The lowest BCUT2D eigenvalue weighted by molar-refractivity contribution is -0.161. The van der Waals surface area contributed by atoms with Crippen LogP contribution in [0.25, 0.3) is 0 Å². The Bertz CT molecular complexity index is 1910. The lowest BCUT2D eigenvalue weighted by Gasteiger charge is -2.21. The first-order chi connectivity index (χ1) is 47.9. The van der Waals surface area contributed by atoms with Crippen molar-refractivity contribution in [1.82, 2.24) is 0 Å². The van der Waals surface area contributed by atoms with E-state index < -0.39 is 97.5 Å². The molecule has 0 saturated carbocycles. The summed E-state index contributed by atoms with van der Waals surface area (Å²) in [6, 6.07) is 0. The number of aliphatic hydroxyl groups excluding tert-OH is 1. The summed E-state index contributed by atoms with van der Waals surface area (Å²) in [5.74, 6) is -0.642. The number of carbonyl (C=O) groups is 4. The van der Waals surface area contributed by atoms with Gasteiger partial charge in [0.1, 0.15) is 19.3 Å². The molecule has 0 bridgehead atoms. The van der Waals surface area contributed by atoms with Crippen molar-refractivity contribution in [3.05, 3.63) is 0 Å². The van der Waals surface area contributed by atoms with Crippen LogP contribution in [0.3, 0.4) is 0 Å². The first-order valence-corrected chi connectivity index (χ1v) is 44.5. The van der Waals surface area contributed by atoms with E-state index in [1.165, 1.54) is 231 Å². The number of carbonyl (C=O) groups excluding carboxylic acids is 4. The molecule has 0 aliphatic heterocycles. The number of esters is 4. The largest absolute Gasteiger partial charge is 0.472 e. The molecule has 2 unspecified atom stereocenters. The minimum Gasteiger partial charge on any atom is -0.462 e. The molecule has 0 spiro atoms. The maximum Gasteiger partial charge on any atom is 0.472 e. The second-order valence-corrected chi connectivity index (χ2v) is 32.7. The van der Waals surface area contributed by atoms with E-state index in [2.05, 4.69) is 41.5 Å². The van der Waals surface area contributed by atoms with Crippen molar-refractivity contribution >= 4 is 39.5 Å². The van der Waals surface area contributed by atoms with Crippen molar-refractivity contribution in [3.8, 4) is 0 Å². The van der Waals surface area contributed by atoms with Crippen molar-refractivity contribution in [2.24, 2.45) is 11.8 Å². The third-order valence-corrected chi connectivity index (χ3v) is 20.6. The van der Waals surface area contributed by atoms with Gasteiger partial charge in [0.2, 0.25) is 0 Å². The zero-order valence-electron chi connectivity index (χ0n) is 64.8. The van der Waals surface area contributed by atoms with Gasteiger partial charge < -0.3 is 33.8 Å². The Hall–Kier alpha value is -1.94. The topological polar surface area (TPSA) is 237 Å². The van der Waals surface area contributed by atoms with E-state index in [9.17, 15) is 43.2 Å². The minimum absolute atomic E-state index is 0.106. The predicted molar refractivity (Wildman–Crippen MR) is 405 cm³/mol. The Morgan fingerprint density at radius 3 is 0.687 bits per heavy atom. The number of rotatable bonds is 79. The van der Waals surface area contributed by atoms with Gasteiger partial charge in [-0.25, -0.2) is 9.13 Å². The second-order valence-electron chi connectivity index (χ2n) is 29.8. The molecule has 0 aliphatic rings. The highest BCUT2D eigenvalue weighted by molar-refractivity contribution is 7.47. The molecule has 588 valence electrons. The van der Waals surface area contributed by atoms with E-state index in [1.807, 2.05) is 0 Å². The third kappa shape index (κ3) is 74.1. The molecule has 3 N–H and O–H groups in total. The summed E-state index contributed by atoms with van der Waals surface area (Å²) in [4.78, 5) is 72.9. The SMILES string of the molecule is CCCCCCCCCCCCCCCCCCCCCCCCC(=O)O[C@H](COC(=O)CCCCCCCCCCCCCCCC(C)C)COP(=O)(O)OC[C@@H](O)COP(=O)(O)OC[C@@H](COC(=O)CCCCCCCCC(C)C)OC(=O)CCCCCCCCCCCCCC. The van der Waals surface area contributed by atoms with Gasteiger partial charge in [-0.3, -0.25) is 37.3 Å². The summed E-state index contributed by atoms with van der Waals surface area (Å²) in [5.41, 5.74) is 0. The van der Waals surface area contributed by atoms with Gasteiger partial charge in [-0.1, -0.05) is 369 Å². The molecule has 0 aromatic rings. The Labute approximate surface area is 607 Å². The summed E-state index contributed by atoms with van der Waals surface area (Å²) in [7, 11) is -9.91. The molecule has 0 aromatic carbocycles. The van der Waals surface area contributed by atoms with Crippen molar-refractivity contribution in [1.29, 1.82) is 0 Å². The molecular formula is C80H156O17P2. The summed E-state index contributed by atoms with van der Waals surface area (Å²) < 4.78 is 68.6. The average Bonchev–Trinajstić information content (AvgIpc) is 1.53. The van der Waals surface area contributed by atoms with Gasteiger partial charge in [0.15, 0.2) is 12.2 Å².